The highest BCUT2D eigenvalue weighted by atomic mass is 127. The molecule has 0 amide bonds. The molecule has 0 saturated carbocycles. The van der Waals surface area contributed by atoms with E-state index in [9.17, 15) is 0 Å². The van der Waals surface area contributed by atoms with Crippen molar-refractivity contribution in [3.8, 4) is 0 Å². The average molecular weight is 460 g/mol. The van der Waals surface area contributed by atoms with E-state index >= 15 is 0 Å². The molecule has 0 bridgehead atoms. The van der Waals surface area contributed by atoms with Crippen molar-refractivity contribution in [2.45, 2.75) is 36.4 Å². The fourth-order valence-corrected chi connectivity index (χ4v) is 3.57. The second kappa shape index (κ2) is 6.35. The molecule has 1 fully saturated rings. The molecule has 1 aromatic heterocycles. The van der Waals surface area contributed by atoms with E-state index in [1.54, 1.807) is 0 Å². The van der Waals surface area contributed by atoms with Crippen LogP contribution in [0.25, 0.3) is 11.0 Å². The van der Waals surface area contributed by atoms with Gasteiger partial charge in [0.2, 0.25) is 0 Å². The minimum Gasteiger partial charge on any atom is -0.398 e. The highest BCUT2D eigenvalue weighted by molar-refractivity contribution is 14.1. The summed E-state index contributed by atoms with van der Waals surface area (Å²) in [6, 6.07) is 16.7. The first-order valence-corrected chi connectivity index (χ1v) is 9.88. The predicted octanol–water partition coefficient (Wildman–Crippen LogP) is 3.84. The van der Waals surface area contributed by atoms with E-state index in [1.165, 1.54) is 5.56 Å². The van der Waals surface area contributed by atoms with E-state index in [1.807, 2.05) is 6.07 Å². The Morgan fingerprint density at radius 3 is 2.46 bits per heavy atom. The normalized spacial score (nSPS) is 22.3. The molecule has 0 spiro atoms. The van der Waals surface area contributed by atoms with Crippen LogP contribution in [0.3, 0.4) is 0 Å². The van der Waals surface area contributed by atoms with Crippen LogP contribution in [-0.4, -0.2) is 25.9 Å². The summed E-state index contributed by atoms with van der Waals surface area (Å²) >= 11 is 2.33. The van der Waals surface area contributed by atoms with Gasteiger partial charge in [0.25, 0.3) is 0 Å². The van der Waals surface area contributed by atoms with Gasteiger partial charge in [-0.1, -0.05) is 36.4 Å². The number of hydrogen-bond donors (Lipinski definition) is 0. The standard InChI is InChI=1S/C20H22BIN2O2/c1-19(2)20(3,22)26-21(25-19)15-10-11-16-17(13-15)24(4)18(23-16)12-14-8-6-5-7-9-14/h5-11,13H,12H2,1-4H3. The van der Waals surface area contributed by atoms with Crippen molar-refractivity contribution in [3.63, 3.8) is 0 Å². The van der Waals surface area contributed by atoms with Gasteiger partial charge in [0.05, 0.1) is 16.6 Å². The Balaban J connectivity index is 1.67. The molecule has 0 N–H and O–H groups in total. The Morgan fingerprint density at radius 1 is 1.08 bits per heavy atom. The minimum atomic E-state index is -0.366. The van der Waals surface area contributed by atoms with Gasteiger partial charge in [-0.15, -0.1) is 0 Å². The summed E-state index contributed by atoms with van der Waals surface area (Å²) in [6.07, 6.45) is 0.816. The van der Waals surface area contributed by atoms with Crippen molar-refractivity contribution >= 4 is 46.2 Å². The Kier molecular flexibility index (Phi) is 4.40. The van der Waals surface area contributed by atoms with Gasteiger partial charge in [-0.3, -0.25) is 0 Å². The monoisotopic (exact) mass is 460 g/mol. The summed E-state index contributed by atoms with van der Waals surface area (Å²) in [5.41, 5.74) is 4.03. The first-order valence-electron chi connectivity index (χ1n) is 8.80. The number of aryl methyl sites for hydroxylation is 1. The summed E-state index contributed by atoms with van der Waals surface area (Å²) in [4.78, 5) is 4.81. The van der Waals surface area contributed by atoms with E-state index in [-0.39, 0.29) is 16.3 Å². The van der Waals surface area contributed by atoms with Crippen molar-refractivity contribution in [2.75, 3.05) is 0 Å². The fraction of sp³-hybridized carbons (Fsp3) is 0.350. The lowest BCUT2D eigenvalue weighted by Crippen LogP contribution is -2.38. The molecule has 6 heteroatoms. The maximum Gasteiger partial charge on any atom is 0.495 e. The molecule has 2 heterocycles. The maximum atomic E-state index is 6.18. The summed E-state index contributed by atoms with van der Waals surface area (Å²) in [6.45, 7) is 6.20. The van der Waals surface area contributed by atoms with Gasteiger partial charge in [0.15, 0.2) is 0 Å². The van der Waals surface area contributed by atoms with Crippen molar-refractivity contribution in [1.82, 2.24) is 9.55 Å². The van der Waals surface area contributed by atoms with E-state index < -0.39 is 0 Å². The Bertz CT molecular complexity index is 937. The Hall–Kier alpha value is -1.38. The smallest absolute Gasteiger partial charge is 0.398 e. The maximum absolute atomic E-state index is 6.18. The van der Waals surface area contributed by atoms with Crippen LogP contribution in [-0.2, 0) is 22.8 Å². The minimum absolute atomic E-state index is 0.349. The summed E-state index contributed by atoms with van der Waals surface area (Å²) in [7, 11) is 1.71. The summed E-state index contributed by atoms with van der Waals surface area (Å²) < 4.78 is 14.2. The largest absolute Gasteiger partial charge is 0.495 e. The van der Waals surface area contributed by atoms with Crippen LogP contribution in [0, 0.1) is 0 Å². The fourth-order valence-electron chi connectivity index (χ4n) is 3.22. The summed E-state index contributed by atoms with van der Waals surface area (Å²) in [5.74, 6) is 1.05. The SMILES string of the molecule is Cn1c(Cc2ccccc2)nc2ccc(B3OC(C)(C)C(C)(I)O3)cc21. The highest BCUT2D eigenvalue weighted by Gasteiger charge is 2.53. The molecule has 4 nitrogen and oxygen atoms in total. The van der Waals surface area contributed by atoms with Crippen molar-refractivity contribution in [2.24, 2.45) is 7.05 Å². The molecule has 1 aliphatic rings. The summed E-state index contributed by atoms with van der Waals surface area (Å²) in [5, 5.41) is 0. The van der Waals surface area contributed by atoms with E-state index in [0.717, 1.165) is 28.7 Å². The molecule has 1 unspecified atom stereocenters. The molecule has 1 atom stereocenters. The zero-order chi connectivity index (χ0) is 18.5. The van der Waals surface area contributed by atoms with Crippen LogP contribution < -0.4 is 5.46 Å². The number of nitrogens with zero attached hydrogens (tertiary/aromatic N) is 2. The zero-order valence-electron chi connectivity index (χ0n) is 15.5. The molecule has 3 aromatic rings. The van der Waals surface area contributed by atoms with E-state index in [2.05, 4.69) is 97.4 Å². The molecule has 134 valence electrons. The second-order valence-corrected chi connectivity index (χ2v) is 9.55. The number of halogens is 1. The molecular weight excluding hydrogens is 438 g/mol. The van der Waals surface area contributed by atoms with Crippen LogP contribution in [0.2, 0.25) is 0 Å². The van der Waals surface area contributed by atoms with Crippen LogP contribution in [0.5, 0.6) is 0 Å². The first-order chi connectivity index (χ1) is 12.3. The molecule has 0 aliphatic carbocycles. The van der Waals surface area contributed by atoms with E-state index in [4.69, 9.17) is 14.3 Å². The van der Waals surface area contributed by atoms with Crippen molar-refractivity contribution < 1.29 is 9.31 Å². The van der Waals surface area contributed by atoms with Gasteiger partial charge < -0.3 is 13.9 Å². The quantitative estimate of drug-likeness (QED) is 0.339. The van der Waals surface area contributed by atoms with Gasteiger partial charge >= 0.3 is 7.12 Å². The van der Waals surface area contributed by atoms with Crippen molar-refractivity contribution in [3.05, 3.63) is 59.9 Å². The van der Waals surface area contributed by atoms with Crippen molar-refractivity contribution in [1.29, 1.82) is 0 Å². The molecule has 2 aromatic carbocycles. The average Bonchev–Trinajstić information content (AvgIpc) is 3.01. The van der Waals surface area contributed by atoms with Gasteiger partial charge in [0, 0.05) is 13.5 Å². The van der Waals surface area contributed by atoms with Gasteiger partial charge in [-0.25, -0.2) is 4.98 Å². The zero-order valence-corrected chi connectivity index (χ0v) is 17.6. The molecular formula is C20H22BIN2O2. The number of fused-ring (bicyclic) bond motifs is 1. The molecule has 1 aliphatic heterocycles. The molecule has 4 rings (SSSR count). The number of rotatable bonds is 3. The van der Waals surface area contributed by atoms with Gasteiger partial charge in [0.1, 0.15) is 9.43 Å². The number of aromatic nitrogens is 2. The third-order valence-corrected chi connectivity index (χ3v) is 6.83. The van der Waals surface area contributed by atoms with Crippen LogP contribution in [0.1, 0.15) is 32.2 Å². The van der Waals surface area contributed by atoms with Crippen LogP contribution >= 0.6 is 22.6 Å². The van der Waals surface area contributed by atoms with Gasteiger partial charge in [-0.2, -0.15) is 0 Å². The van der Waals surface area contributed by atoms with E-state index in [0.29, 0.717) is 0 Å². The Morgan fingerprint density at radius 2 is 1.81 bits per heavy atom. The second-order valence-electron chi connectivity index (χ2n) is 7.49. The molecule has 1 saturated heterocycles. The van der Waals surface area contributed by atoms with Crippen LogP contribution in [0.4, 0.5) is 0 Å². The Labute approximate surface area is 168 Å². The number of imidazole rings is 1. The first kappa shape index (κ1) is 18.0. The number of hydrogen-bond acceptors (Lipinski definition) is 3. The molecule has 26 heavy (non-hydrogen) atoms. The lowest BCUT2D eigenvalue weighted by Gasteiger charge is -2.30. The van der Waals surface area contributed by atoms with Gasteiger partial charge in [-0.05, 0) is 66.5 Å². The lowest BCUT2D eigenvalue weighted by molar-refractivity contribution is 0.0726. The topological polar surface area (TPSA) is 36.3 Å². The third kappa shape index (κ3) is 3.08. The van der Waals surface area contributed by atoms with Crippen LogP contribution in [0.15, 0.2) is 48.5 Å². The highest BCUT2D eigenvalue weighted by Crippen LogP contribution is 2.42. The number of alkyl halides is 1. The number of benzene rings is 2. The predicted molar refractivity (Wildman–Crippen MR) is 114 cm³/mol. The molecule has 0 radical (unpaired) electrons. The third-order valence-electron chi connectivity index (χ3n) is 5.28. The lowest BCUT2D eigenvalue weighted by atomic mass is 9.79.